The van der Waals surface area contributed by atoms with Crippen molar-refractivity contribution in [3.05, 3.63) is 29.3 Å². The first kappa shape index (κ1) is 21.3. The Morgan fingerprint density at radius 1 is 1.37 bits per heavy atom. The molecule has 1 aromatic carbocycles. The maximum atomic E-state index is 13.2. The van der Waals surface area contributed by atoms with Crippen LogP contribution in [0.2, 0.25) is 0 Å². The second kappa shape index (κ2) is 7.92. The summed E-state index contributed by atoms with van der Waals surface area (Å²) >= 11 is 0. The van der Waals surface area contributed by atoms with Gasteiger partial charge in [0, 0.05) is 24.8 Å². The van der Waals surface area contributed by atoms with Gasteiger partial charge in [-0.1, -0.05) is 0 Å². The minimum atomic E-state index is -4.63. The highest BCUT2D eigenvalue weighted by Gasteiger charge is 2.40. The third-order valence-electron chi connectivity index (χ3n) is 4.74. The Bertz CT molecular complexity index is 753. The molecule has 1 amide bonds. The van der Waals surface area contributed by atoms with Gasteiger partial charge in [-0.3, -0.25) is 4.79 Å². The molecule has 0 saturated carbocycles. The Labute approximate surface area is 161 Å². The van der Waals surface area contributed by atoms with Gasteiger partial charge in [0.1, 0.15) is 6.23 Å². The third-order valence-corrected chi connectivity index (χ3v) is 4.74. The summed E-state index contributed by atoms with van der Waals surface area (Å²) in [6.07, 6.45) is -5.22. The van der Waals surface area contributed by atoms with Gasteiger partial charge in [0.25, 0.3) is 5.91 Å². The van der Waals surface area contributed by atoms with Crippen molar-refractivity contribution in [2.24, 2.45) is 5.73 Å². The largest absolute Gasteiger partial charge is 0.417 e. The van der Waals surface area contributed by atoms with Gasteiger partial charge in [0.15, 0.2) is 6.10 Å². The van der Waals surface area contributed by atoms with Crippen LogP contribution >= 0.6 is 12.4 Å². The molecule has 2 aliphatic heterocycles. The van der Waals surface area contributed by atoms with Crippen LogP contribution in [-0.2, 0) is 15.7 Å². The van der Waals surface area contributed by atoms with Crippen LogP contribution in [-0.4, -0.2) is 48.8 Å². The van der Waals surface area contributed by atoms with Gasteiger partial charge in [-0.05, 0) is 31.5 Å². The van der Waals surface area contributed by atoms with E-state index in [1.165, 1.54) is 6.07 Å². The predicted molar refractivity (Wildman–Crippen MR) is 94.3 cm³/mol. The van der Waals surface area contributed by atoms with Crippen molar-refractivity contribution in [1.29, 1.82) is 5.26 Å². The van der Waals surface area contributed by atoms with E-state index in [1.807, 2.05) is 0 Å². The number of benzene rings is 1. The average Bonchev–Trinajstić information content (AvgIpc) is 3.19. The van der Waals surface area contributed by atoms with Crippen molar-refractivity contribution >= 4 is 24.0 Å². The fraction of sp³-hybridized carbons (Fsp3) is 0.529. The first-order chi connectivity index (χ1) is 12.2. The van der Waals surface area contributed by atoms with Crippen LogP contribution in [0.5, 0.6) is 0 Å². The van der Waals surface area contributed by atoms with Crippen LogP contribution in [0.4, 0.5) is 18.9 Å². The van der Waals surface area contributed by atoms with Crippen LogP contribution in [0.25, 0.3) is 0 Å². The zero-order valence-electron chi connectivity index (χ0n) is 14.6. The van der Waals surface area contributed by atoms with Crippen molar-refractivity contribution in [1.82, 2.24) is 4.90 Å². The molecule has 0 radical (unpaired) electrons. The lowest BCUT2D eigenvalue weighted by Crippen LogP contribution is -2.41. The maximum Gasteiger partial charge on any atom is 0.417 e. The van der Waals surface area contributed by atoms with E-state index in [0.717, 1.165) is 18.6 Å². The van der Waals surface area contributed by atoms with E-state index >= 15 is 0 Å². The van der Waals surface area contributed by atoms with Gasteiger partial charge in [-0.15, -0.1) is 12.4 Å². The molecular weight excluding hydrogens is 385 g/mol. The molecule has 0 aromatic heterocycles. The number of nitriles is 1. The van der Waals surface area contributed by atoms with Crippen LogP contribution in [0.3, 0.4) is 0 Å². The van der Waals surface area contributed by atoms with E-state index < -0.39 is 29.6 Å². The predicted octanol–water partition coefficient (Wildman–Crippen LogP) is 2.11. The lowest BCUT2D eigenvalue weighted by Gasteiger charge is -2.23. The fourth-order valence-corrected chi connectivity index (χ4v) is 3.37. The molecule has 148 valence electrons. The molecule has 2 heterocycles. The van der Waals surface area contributed by atoms with Crippen LogP contribution < -0.4 is 10.6 Å². The smallest absolute Gasteiger partial charge is 0.344 e. The van der Waals surface area contributed by atoms with Gasteiger partial charge in [0.05, 0.1) is 23.7 Å². The number of carbonyl (C=O) groups excluding carboxylic acids is 1. The summed E-state index contributed by atoms with van der Waals surface area (Å²) in [5, 5.41) is 8.90. The number of nitrogens with two attached hydrogens (primary N) is 1. The standard InChI is InChI=1S/C17H19F3N4O2.ClH/c1-10-24(9-15(26-10)16(25)23-5-4-12(22)8-23)13-3-2-11(7-21)14(6-13)17(18,19)20;/h2-3,6,10,12,15H,4-5,8-9,22H2,1H3;1H/t10-,12-,15+;/m1./s1. The van der Waals surface area contributed by atoms with Crippen molar-refractivity contribution in [3.8, 4) is 6.07 Å². The minimum absolute atomic E-state index is 0. The Hall–Kier alpha value is -2.02. The number of amides is 1. The molecule has 3 atom stereocenters. The SMILES string of the molecule is C[C@H]1O[C@H](C(=O)N2CC[C@@H](N)C2)CN1c1ccc(C#N)c(C(F)(F)F)c1.Cl. The molecule has 0 bridgehead atoms. The van der Waals surface area contributed by atoms with Crippen molar-refractivity contribution in [2.45, 2.75) is 37.9 Å². The van der Waals surface area contributed by atoms with Crippen LogP contribution in [0.15, 0.2) is 18.2 Å². The molecule has 3 rings (SSSR count). The highest BCUT2D eigenvalue weighted by molar-refractivity contribution is 5.85. The summed E-state index contributed by atoms with van der Waals surface area (Å²) in [5.41, 5.74) is 4.64. The first-order valence-electron chi connectivity index (χ1n) is 8.28. The molecule has 2 fully saturated rings. The van der Waals surface area contributed by atoms with Gasteiger partial charge in [0.2, 0.25) is 0 Å². The lowest BCUT2D eigenvalue weighted by molar-refractivity contribution is -0.141. The molecule has 0 unspecified atom stereocenters. The average molecular weight is 405 g/mol. The summed E-state index contributed by atoms with van der Waals surface area (Å²) in [5.74, 6) is -0.197. The van der Waals surface area contributed by atoms with E-state index in [-0.39, 0.29) is 36.6 Å². The van der Waals surface area contributed by atoms with Crippen molar-refractivity contribution in [2.75, 3.05) is 24.5 Å². The minimum Gasteiger partial charge on any atom is -0.344 e. The van der Waals surface area contributed by atoms with Gasteiger partial charge >= 0.3 is 6.18 Å². The number of nitrogens with zero attached hydrogens (tertiary/aromatic N) is 3. The summed E-state index contributed by atoms with van der Waals surface area (Å²) in [7, 11) is 0. The first-order valence-corrected chi connectivity index (χ1v) is 8.28. The molecular formula is C17H20ClF3N4O2. The maximum absolute atomic E-state index is 13.2. The molecule has 2 N–H and O–H groups in total. The number of carbonyl (C=O) groups is 1. The number of halogens is 4. The molecule has 2 aliphatic rings. The van der Waals surface area contributed by atoms with Crippen LogP contribution in [0, 0.1) is 11.3 Å². The highest BCUT2D eigenvalue weighted by atomic mass is 35.5. The van der Waals surface area contributed by atoms with E-state index in [9.17, 15) is 18.0 Å². The lowest BCUT2D eigenvalue weighted by atomic mass is 10.1. The summed E-state index contributed by atoms with van der Waals surface area (Å²) in [4.78, 5) is 15.8. The number of rotatable bonds is 2. The number of alkyl halides is 3. The van der Waals surface area contributed by atoms with E-state index in [1.54, 1.807) is 22.8 Å². The van der Waals surface area contributed by atoms with E-state index in [0.29, 0.717) is 13.1 Å². The van der Waals surface area contributed by atoms with Gasteiger partial charge < -0.3 is 20.3 Å². The molecule has 6 nitrogen and oxygen atoms in total. The van der Waals surface area contributed by atoms with Crippen molar-refractivity contribution < 1.29 is 22.7 Å². The summed E-state index contributed by atoms with van der Waals surface area (Å²) in [6.45, 7) is 2.84. The zero-order valence-corrected chi connectivity index (χ0v) is 15.4. The quantitative estimate of drug-likeness (QED) is 0.816. The molecule has 0 aliphatic carbocycles. The molecule has 10 heteroatoms. The van der Waals surface area contributed by atoms with Gasteiger partial charge in [-0.25, -0.2) is 0 Å². The number of likely N-dealkylation sites (tertiary alicyclic amines) is 1. The third kappa shape index (κ3) is 4.29. The number of anilines is 1. The van der Waals surface area contributed by atoms with E-state index in [2.05, 4.69) is 0 Å². The molecule has 27 heavy (non-hydrogen) atoms. The Balaban J connectivity index is 0.00000261. The Morgan fingerprint density at radius 3 is 2.63 bits per heavy atom. The number of hydrogen-bond donors (Lipinski definition) is 1. The zero-order chi connectivity index (χ0) is 19.1. The number of hydrogen-bond acceptors (Lipinski definition) is 5. The van der Waals surface area contributed by atoms with Gasteiger partial charge in [-0.2, -0.15) is 18.4 Å². The Morgan fingerprint density at radius 2 is 2.07 bits per heavy atom. The van der Waals surface area contributed by atoms with Crippen molar-refractivity contribution in [3.63, 3.8) is 0 Å². The number of ether oxygens (including phenoxy) is 1. The summed E-state index contributed by atoms with van der Waals surface area (Å²) < 4.78 is 45.2. The van der Waals surface area contributed by atoms with Crippen LogP contribution in [0.1, 0.15) is 24.5 Å². The topological polar surface area (TPSA) is 82.6 Å². The van der Waals surface area contributed by atoms with E-state index in [4.69, 9.17) is 15.7 Å². The Kier molecular flexibility index (Phi) is 6.24. The second-order valence-corrected chi connectivity index (χ2v) is 6.55. The second-order valence-electron chi connectivity index (χ2n) is 6.55. The molecule has 0 spiro atoms. The monoisotopic (exact) mass is 404 g/mol. The molecule has 2 saturated heterocycles. The summed E-state index contributed by atoms with van der Waals surface area (Å²) in [6, 6.07) is 5.01. The molecule has 1 aromatic rings. The normalized spacial score (nSPS) is 25.3. The fourth-order valence-electron chi connectivity index (χ4n) is 3.37. The highest BCUT2D eigenvalue weighted by Crippen LogP contribution is 2.36.